The Bertz CT molecular complexity index is 364. The average molecular weight is 300 g/mol. The highest BCUT2D eigenvalue weighted by Crippen LogP contribution is 2.30. The summed E-state index contributed by atoms with van der Waals surface area (Å²) in [6.07, 6.45) is 6.15. The van der Waals surface area contributed by atoms with E-state index in [1.54, 1.807) is 0 Å². The summed E-state index contributed by atoms with van der Waals surface area (Å²) in [5.41, 5.74) is 0. The SMILES string of the molecule is CC1CCCC(CCNC(=O)N2CSCC2C(=O)O)C1. The summed E-state index contributed by atoms with van der Waals surface area (Å²) in [5, 5.41) is 11.9. The predicted molar refractivity (Wildman–Crippen MR) is 79.7 cm³/mol. The number of carboxylic acid groups (broad SMARTS) is 1. The molecule has 0 aromatic heterocycles. The molecule has 2 amide bonds. The number of nitrogens with one attached hydrogen (secondary N) is 1. The lowest BCUT2D eigenvalue weighted by Gasteiger charge is -2.27. The first-order chi connectivity index (χ1) is 9.58. The molecule has 6 heteroatoms. The van der Waals surface area contributed by atoms with Gasteiger partial charge in [-0.1, -0.05) is 26.2 Å². The summed E-state index contributed by atoms with van der Waals surface area (Å²) in [4.78, 5) is 24.5. The van der Waals surface area contributed by atoms with Gasteiger partial charge in [0.2, 0.25) is 0 Å². The van der Waals surface area contributed by atoms with Gasteiger partial charge in [0.25, 0.3) is 0 Å². The molecule has 5 nitrogen and oxygen atoms in total. The van der Waals surface area contributed by atoms with Crippen molar-refractivity contribution in [2.45, 2.75) is 45.1 Å². The Labute approximate surface area is 124 Å². The fraction of sp³-hybridized carbons (Fsp3) is 0.857. The molecule has 0 aromatic carbocycles. The molecular formula is C14H24N2O3S. The Hall–Kier alpha value is -0.910. The van der Waals surface area contributed by atoms with Crippen molar-refractivity contribution in [3.05, 3.63) is 0 Å². The maximum atomic E-state index is 12.0. The van der Waals surface area contributed by atoms with Crippen LogP contribution in [0.15, 0.2) is 0 Å². The average Bonchev–Trinajstić information content (AvgIpc) is 2.88. The number of carboxylic acids is 1. The second-order valence-electron chi connectivity index (χ2n) is 5.98. The van der Waals surface area contributed by atoms with Gasteiger partial charge in [0.1, 0.15) is 6.04 Å². The number of nitrogens with zero attached hydrogens (tertiary/aromatic N) is 1. The molecule has 20 heavy (non-hydrogen) atoms. The van der Waals surface area contributed by atoms with Gasteiger partial charge in [-0.3, -0.25) is 0 Å². The van der Waals surface area contributed by atoms with Crippen LogP contribution in [-0.2, 0) is 4.79 Å². The minimum absolute atomic E-state index is 0.230. The molecule has 2 rings (SSSR count). The zero-order valence-corrected chi connectivity index (χ0v) is 12.8. The molecule has 1 aliphatic heterocycles. The van der Waals surface area contributed by atoms with E-state index in [1.807, 2.05) is 0 Å². The quantitative estimate of drug-likeness (QED) is 0.836. The molecule has 2 fully saturated rings. The summed E-state index contributed by atoms with van der Waals surface area (Å²) in [7, 11) is 0. The van der Waals surface area contributed by atoms with Gasteiger partial charge >= 0.3 is 12.0 Å². The zero-order chi connectivity index (χ0) is 14.5. The topological polar surface area (TPSA) is 69.6 Å². The third-order valence-electron chi connectivity index (χ3n) is 4.30. The van der Waals surface area contributed by atoms with Gasteiger partial charge in [0, 0.05) is 12.3 Å². The Morgan fingerprint density at radius 1 is 1.40 bits per heavy atom. The maximum Gasteiger partial charge on any atom is 0.327 e. The number of aliphatic carboxylic acids is 1. The Morgan fingerprint density at radius 2 is 2.20 bits per heavy atom. The fourth-order valence-corrected chi connectivity index (χ4v) is 4.30. The number of hydrogen-bond acceptors (Lipinski definition) is 3. The molecule has 0 aromatic rings. The number of amides is 2. The van der Waals surface area contributed by atoms with Crippen LogP contribution in [-0.4, -0.2) is 46.2 Å². The Kier molecular flexibility index (Phi) is 5.57. The van der Waals surface area contributed by atoms with Crippen molar-refractivity contribution in [2.75, 3.05) is 18.2 Å². The summed E-state index contributed by atoms with van der Waals surface area (Å²) < 4.78 is 0. The molecule has 0 bridgehead atoms. The Balaban J connectivity index is 1.71. The van der Waals surface area contributed by atoms with E-state index in [0.29, 0.717) is 24.1 Å². The van der Waals surface area contributed by atoms with Crippen molar-refractivity contribution in [1.82, 2.24) is 10.2 Å². The summed E-state index contributed by atoms with van der Waals surface area (Å²) in [6, 6.07) is -0.902. The predicted octanol–water partition coefficient (Wildman–Crippen LogP) is 2.37. The van der Waals surface area contributed by atoms with Crippen LogP contribution in [0.3, 0.4) is 0 Å². The molecule has 1 heterocycles. The van der Waals surface area contributed by atoms with Crippen molar-refractivity contribution < 1.29 is 14.7 Å². The summed E-state index contributed by atoms with van der Waals surface area (Å²) >= 11 is 1.49. The smallest absolute Gasteiger partial charge is 0.327 e. The van der Waals surface area contributed by atoms with E-state index in [0.717, 1.165) is 12.3 Å². The number of carbonyl (C=O) groups is 2. The first-order valence-corrected chi connectivity index (χ1v) is 8.58. The molecule has 1 saturated carbocycles. The van der Waals surface area contributed by atoms with Crippen LogP contribution >= 0.6 is 11.8 Å². The van der Waals surface area contributed by atoms with E-state index in [1.165, 1.54) is 42.3 Å². The van der Waals surface area contributed by atoms with Crippen LogP contribution in [0.1, 0.15) is 39.0 Å². The molecule has 1 aliphatic carbocycles. The zero-order valence-electron chi connectivity index (χ0n) is 12.0. The van der Waals surface area contributed by atoms with Crippen LogP contribution in [0, 0.1) is 11.8 Å². The van der Waals surface area contributed by atoms with Gasteiger partial charge < -0.3 is 15.3 Å². The lowest BCUT2D eigenvalue weighted by Crippen LogP contribution is -2.47. The van der Waals surface area contributed by atoms with Gasteiger partial charge in [-0.25, -0.2) is 9.59 Å². The molecule has 2 aliphatic rings. The van der Waals surface area contributed by atoms with Crippen molar-refractivity contribution in [2.24, 2.45) is 11.8 Å². The molecule has 3 unspecified atom stereocenters. The van der Waals surface area contributed by atoms with Crippen LogP contribution in [0.2, 0.25) is 0 Å². The van der Waals surface area contributed by atoms with Gasteiger partial charge in [-0.2, -0.15) is 0 Å². The number of thioether (sulfide) groups is 1. The molecule has 0 spiro atoms. The lowest BCUT2D eigenvalue weighted by molar-refractivity contribution is -0.140. The second kappa shape index (κ2) is 7.20. The minimum Gasteiger partial charge on any atom is -0.480 e. The monoisotopic (exact) mass is 300 g/mol. The van der Waals surface area contributed by atoms with Gasteiger partial charge in [0.15, 0.2) is 0 Å². The first-order valence-electron chi connectivity index (χ1n) is 7.43. The molecule has 0 radical (unpaired) electrons. The Morgan fingerprint density at radius 3 is 2.90 bits per heavy atom. The third kappa shape index (κ3) is 4.04. The largest absolute Gasteiger partial charge is 0.480 e. The molecule has 3 atom stereocenters. The van der Waals surface area contributed by atoms with Gasteiger partial charge in [-0.05, 0) is 24.7 Å². The van der Waals surface area contributed by atoms with E-state index < -0.39 is 12.0 Å². The highest BCUT2D eigenvalue weighted by molar-refractivity contribution is 7.99. The molecule has 2 N–H and O–H groups in total. The second-order valence-corrected chi connectivity index (χ2v) is 6.98. The van der Waals surface area contributed by atoms with Crippen LogP contribution < -0.4 is 5.32 Å². The number of hydrogen-bond donors (Lipinski definition) is 2. The fourth-order valence-electron chi connectivity index (χ4n) is 3.15. The number of rotatable bonds is 4. The van der Waals surface area contributed by atoms with Crippen LogP contribution in [0.25, 0.3) is 0 Å². The lowest BCUT2D eigenvalue weighted by atomic mass is 9.81. The van der Waals surface area contributed by atoms with E-state index >= 15 is 0 Å². The number of urea groups is 1. The standard InChI is InChI=1S/C14H24N2O3S/c1-10-3-2-4-11(7-10)5-6-15-14(19)16-9-20-8-12(16)13(17)18/h10-12H,2-9H2,1H3,(H,15,19)(H,17,18). The molecule has 1 saturated heterocycles. The third-order valence-corrected chi connectivity index (χ3v) is 5.31. The first kappa shape index (κ1) is 15.5. The highest BCUT2D eigenvalue weighted by atomic mass is 32.2. The summed E-state index contributed by atoms with van der Waals surface area (Å²) in [6.45, 7) is 2.95. The highest BCUT2D eigenvalue weighted by Gasteiger charge is 2.34. The van der Waals surface area contributed by atoms with Crippen molar-refractivity contribution >= 4 is 23.8 Å². The van der Waals surface area contributed by atoms with Gasteiger partial charge in [0.05, 0.1) is 5.88 Å². The van der Waals surface area contributed by atoms with Crippen LogP contribution in [0.4, 0.5) is 4.79 Å². The minimum atomic E-state index is -0.911. The van der Waals surface area contributed by atoms with Crippen molar-refractivity contribution in [3.8, 4) is 0 Å². The van der Waals surface area contributed by atoms with E-state index in [2.05, 4.69) is 12.2 Å². The van der Waals surface area contributed by atoms with Crippen molar-refractivity contribution in [3.63, 3.8) is 0 Å². The normalized spacial score (nSPS) is 30.2. The summed E-state index contributed by atoms with van der Waals surface area (Å²) in [5.74, 6) is 1.57. The number of carbonyl (C=O) groups excluding carboxylic acids is 1. The maximum absolute atomic E-state index is 12.0. The van der Waals surface area contributed by atoms with Crippen LogP contribution in [0.5, 0.6) is 0 Å². The van der Waals surface area contributed by atoms with Gasteiger partial charge in [-0.15, -0.1) is 11.8 Å². The van der Waals surface area contributed by atoms with Crippen molar-refractivity contribution in [1.29, 1.82) is 0 Å². The molecular weight excluding hydrogens is 276 g/mol. The van der Waals surface area contributed by atoms with E-state index in [9.17, 15) is 9.59 Å². The van der Waals surface area contributed by atoms with E-state index in [4.69, 9.17) is 5.11 Å². The van der Waals surface area contributed by atoms with E-state index in [-0.39, 0.29) is 6.03 Å². The molecule has 114 valence electrons.